The van der Waals surface area contributed by atoms with Gasteiger partial charge in [-0.1, -0.05) is 0 Å². The molecule has 92 valence electrons. The summed E-state index contributed by atoms with van der Waals surface area (Å²) in [6.45, 7) is 7.77. The molecule has 0 unspecified atom stereocenters. The molecule has 0 atom stereocenters. The van der Waals surface area contributed by atoms with Crippen LogP contribution in [0.3, 0.4) is 0 Å². The van der Waals surface area contributed by atoms with Gasteiger partial charge in [-0.2, -0.15) is 10.4 Å². The van der Waals surface area contributed by atoms with Crippen LogP contribution in [0.1, 0.15) is 32.5 Å². The van der Waals surface area contributed by atoms with Gasteiger partial charge >= 0.3 is 0 Å². The number of piperidine rings is 1. The van der Waals surface area contributed by atoms with Gasteiger partial charge in [0, 0.05) is 19.6 Å². The fourth-order valence-electron chi connectivity index (χ4n) is 2.19. The van der Waals surface area contributed by atoms with Crippen molar-refractivity contribution in [2.24, 2.45) is 5.41 Å². The minimum atomic E-state index is -0.130. The molecule has 5 nitrogen and oxygen atoms in total. The minimum absolute atomic E-state index is 0.130. The average Bonchev–Trinajstić information content (AvgIpc) is 2.80. The third-order valence-corrected chi connectivity index (χ3v) is 3.59. The predicted octanol–water partition coefficient (Wildman–Crippen LogP) is 1.42. The van der Waals surface area contributed by atoms with Crippen LogP contribution >= 0.6 is 0 Å². The molecule has 0 aliphatic carbocycles. The monoisotopic (exact) mass is 233 g/mol. The Bertz CT molecular complexity index is 409. The number of aromatic nitrogens is 3. The molecule has 0 bridgehead atoms. The first-order chi connectivity index (χ1) is 8.17. The summed E-state index contributed by atoms with van der Waals surface area (Å²) in [6, 6.07) is 2.42. The summed E-state index contributed by atoms with van der Waals surface area (Å²) in [4.78, 5) is 6.64. The summed E-state index contributed by atoms with van der Waals surface area (Å²) in [5.74, 6) is 1.02. The topological polar surface area (TPSA) is 57.7 Å². The van der Waals surface area contributed by atoms with E-state index in [1.807, 2.05) is 4.68 Å². The molecule has 1 fully saturated rings. The highest BCUT2D eigenvalue weighted by atomic mass is 15.3. The molecule has 1 aliphatic heterocycles. The van der Waals surface area contributed by atoms with E-state index < -0.39 is 0 Å². The molecule has 2 rings (SSSR count). The number of aryl methyl sites for hydroxylation is 1. The Kier molecular flexibility index (Phi) is 3.43. The second kappa shape index (κ2) is 4.84. The second-order valence-corrected chi connectivity index (χ2v) is 4.94. The van der Waals surface area contributed by atoms with Gasteiger partial charge in [0.05, 0.1) is 18.0 Å². The van der Waals surface area contributed by atoms with Gasteiger partial charge in [-0.15, -0.1) is 0 Å². The first kappa shape index (κ1) is 12.1. The summed E-state index contributed by atoms with van der Waals surface area (Å²) in [5, 5.41) is 13.3. The lowest BCUT2D eigenvalue weighted by molar-refractivity contribution is 0.145. The van der Waals surface area contributed by atoms with E-state index in [9.17, 15) is 0 Å². The summed E-state index contributed by atoms with van der Waals surface area (Å²) in [5.41, 5.74) is -0.130. The fourth-order valence-corrected chi connectivity index (χ4v) is 2.19. The van der Waals surface area contributed by atoms with Crippen molar-refractivity contribution in [3.05, 3.63) is 12.2 Å². The van der Waals surface area contributed by atoms with E-state index in [0.717, 1.165) is 44.8 Å². The summed E-state index contributed by atoms with van der Waals surface area (Å²) < 4.78 is 1.93. The van der Waals surface area contributed by atoms with Crippen molar-refractivity contribution in [2.75, 3.05) is 13.1 Å². The first-order valence-corrected chi connectivity index (χ1v) is 6.17. The Balaban J connectivity index is 1.93. The highest BCUT2D eigenvalue weighted by Gasteiger charge is 2.30. The molecule has 1 saturated heterocycles. The lowest BCUT2D eigenvalue weighted by atomic mass is 9.82. The summed E-state index contributed by atoms with van der Waals surface area (Å²) >= 11 is 0. The third-order valence-electron chi connectivity index (χ3n) is 3.59. The van der Waals surface area contributed by atoms with Crippen LogP contribution in [0.4, 0.5) is 0 Å². The average molecular weight is 233 g/mol. The smallest absolute Gasteiger partial charge is 0.140 e. The van der Waals surface area contributed by atoms with E-state index >= 15 is 0 Å². The van der Waals surface area contributed by atoms with Crippen molar-refractivity contribution < 1.29 is 0 Å². The van der Waals surface area contributed by atoms with Gasteiger partial charge in [-0.25, -0.2) is 9.67 Å². The lowest BCUT2D eigenvalue weighted by Crippen LogP contribution is -2.38. The van der Waals surface area contributed by atoms with Gasteiger partial charge < -0.3 is 0 Å². The number of rotatable bonds is 3. The Hall–Kier alpha value is -1.41. The number of hydrogen-bond acceptors (Lipinski definition) is 4. The Labute approximate surface area is 102 Å². The molecule has 1 aliphatic rings. The van der Waals surface area contributed by atoms with Crippen LogP contribution < -0.4 is 0 Å². The fraction of sp³-hybridized carbons (Fsp3) is 0.750. The van der Waals surface area contributed by atoms with Crippen LogP contribution in [0.25, 0.3) is 0 Å². The molecule has 0 amide bonds. The van der Waals surface area contributed by atoms with Gasteiger partial charge in [-0.3, -0.25) is 4.90 Å². The van der Waals surface area contributed by atoms with Crippen molar-refractivity contribution in [1.82, 2.24) is 19.7 Å². The number of likely N-dealkylation sites (tertiary alicyclic amines) is 1. The maximum absolute atomic E-state index is 9.08. The summed E-state index contributed by atoms with van der Waals surface area (Å²) in [7, 11) is 0. The zero-order valence-electron chi connectivity index (χ0n) is 10.6. The van der Waals surface area contributed by atoms with Crippen LogP contribution in [0.2, 0.25) is 0 Å². The lowest BCUT2D eigenvalue weighted by Gasteiger charge is -2.34. The van der Waals surface area contributed by atoms with Crippen molar-refractivity contribution in [2.45, 2.75) is 39.8 Å². The van der Waals surface area contributed by atoms with E-state index in [2.05, 4.69) is 34.9 Å². The van der Waals surface area contributed by atoms with Gasteiger partial charge in [0.25, 0.3) is 0 Å². The van der Waals surface area contributed by atoms with Crippen molar-refractivity contribution in [1.29, 1.82) is 5.26 Å². The molecule has 0 saturated carbocycles. The zero-order chi connectivity index (χ0) is 12.3. The maximum atomic E-state index is 9.08. The molecule has 0 aromatic carbocycles. The zero-order valence-corrected chi connectivity index (χ0v) is 10.6. The van der Waals surface area contributed by atoms with Crippen LogP contribution in [0.15, 0.2) is 6.33 Å². The Morgan fingerprint density at radius 2 is 2.18 bits per heavy atom. The molecule has 0 N–H and O–H groups in total. The maximum Gasteiger partial charge on any atom is 0.140 e. The van der Waals surface area contributed by atoms with Crippen LogP contribution in [0, 0.1) is 16.7 Å². The Morgan fingerprint density at radius 1 is 1.47 bits per heavy atom. The molecular formula is C12H19N5. The largest absolute Gasteiger partial charge is 0.296 e. The number of nitrogens with zero attached hydrogens (tertiary/aromatic N) is 5. The molecule has 1 aromatic heterocycles. The molecule has 0 spiro atoms. The Morgan fingerprint density at radius 3 is 2.76 bits per heavy atom. The van der Waals surface area contributed by atoms with Gasteiger partial charge in [0.15, 0.2) is 0 Å². The van der Waals surface area contributed by atoms with Crippen molar-refractivity contribution in [3.8, 4) is 6.07 Å². The van der Waals surface area contributed by atoms with E-state index in [1.54, 1.807) is 6.33 Å². The molecule has 0 radical (unpaired) electrons. The first-order valence-electron chi connectivity index (χ1n) is 6.17. The third kappa shape index (κ3) is 2.64. The molecular weight excluding hydrogens is 214 g/mol. The number of hydrogen-bond donors (Lipinski definition) is 0. The standard InChI is InChI=1S/C12H19N5/c1-3-17-11(14-10-15-17)8-16-6-4-12(2,9-13)5-7-16/h10H,3-8H2,1-2H3. The second-order valence-electron chi connectivity index (χ2n) is 4.94. The van der Waals surface area contributed by atoms with Crippen LogP contribution in [0.5, 0.6) is 0 Å². The van der Waals surface area contributed by atoms with Gasteiger partial charge in [0.1, 0.15) is 12.2 Å². The predicted molar refractivity (Wildman–Crippen MR) is 63.9 cm³/mol. The van der Waals surface area contributed by atoms with Crippen LogP contribution in [-0.4, -0.2) is 32.8 Å². The highest BCUT2D eigenvalue weighted by molar-refractivity contribution is 4.99. The van der Waals surface area contributed by atoms with Crippen molar-refractivity contribution >= 4 is 0 Å². The van der Waals surface area contributed by atoms with E-state index in [0.29, 0.717) is 0 Å². The van der Waals surface area contributed by atoms with Gasteiger partial charge in [0.2, 0.25) is 0 Å². The molecule has 2 heterocycles. The normalized spacial score (nSPS) is 20.1. The quantitative estimate of drug-likeness (QED) is 0.792. The van der Waals surface area contributed by atoms with Gasteiger partial charge in [-0.05, 0) is 26.7 Å². The van der Waals surface area contributed by atoms with Crippen LogP contribution in [-0.2, 0) is 13.1 Å². The summed E-state index contributed by atoms with van der Waals surface area (Å²) in [6.07, 6.45) is 3.51. The minimum Gasteiger partial charge on any atom is -0.296 e. The highest BCUT2D eigenvalue weighted by Crippen LogP contribution is 2.30. The van der Waals surface area contributed by atoms with E-state index in [1.165, 1.54) is 0 Å². The molecule has 17 heavy (non-hydrogen) atoms. The molecule has 1 aromatic rings. The molecule has 5 heteroatoms. The SMILES string of the molecule is CCn1ncnc1CN1CCC(C)(C#N)CC1. The number of nitriles is 1. The van der Waals surface area contributed by atoms with E-state index in [-0.39, 0.29) is 5.41 Å². The van der Waals surface area contributed by atoms with E-state index in [4.69, 9.17) is 5.26 Å². The van der Waals surface area contributed by atoms with Crippen molar-refractivity contribution in [3.63, 3.8) is 0 Å².